The predicted octanol–water partition coefficient (Wildman–Crippen LogP) is 1.14. The van der Waals surface area contributed by atoms with Gasteiger partial charge in [-0.3, -0.25) is 14.4 Å². The van der Waals surface area contributed by atoms with Crippen LogP contribution in [0.15, 0.2) is 35.1 Å². The number of benzene rings is 1. The Morgan fingerprint density at radius 2 is 1.79 bits per heavy atom. The summed E-state index contributed by atoms with van der Waals surface area (Å²) in [6.45, 7) is 0. The van der Waals surface area contributed by atoms with Crippen molar-refractivity contribution in [3.63, 3.8) is 0 Å². The number of nitrogens with one attached hydrogen (secondary N) is 1. The molecule has 0 radical (unpaired) electrons. The van der Waals surface area contributed by atoms with Gasteiger partial charge in [-0.1, -0.05) is 12.1 Å². The monoisotopic (exact) mass is 400 g/mol. The van der Waals surface area contributed by atoms with E-state index in [2.05, 4.69) is 5.32 Å². The zero-order valence-corrected chi connectivity index (χ0v) is 16.2. The van der Waals surface area contributed by atoms with Crippen molar-refractivity contribution in [3.8, 4) is 5.75 Å². The van der Waals surface area contributed by atoms with Crippen LogP contribution in [0, 0.1) is 17.8 Å². The van der Waals surface area contributed by atoms with Gasteiger partial charge in [0.25, 0.3) is 5.91 Å². The lowest BCUT2D eigenvalue weighted by Gasteiger charge is -2.41. The summed E-state index contributed by atoms with van der Waals surface area (Å²) in [5, 5.41) is 33.9. The normalized spacial score (nSPS) is 25.5. The van der Waals surface area contributed by atoms with Crippen LogP contribution < -0.4 is 11.1 Å². The average molecular weight is 400 g/mol. The Bertz CT molecular complexity index is 962. The number of allylic oxidation sites excluding steroid dienone is 2. The van der Waals surface area contributed by atoms with Crippen LogP contribution in [0.3, 0.4) is 0 Å². The van der Waals surface area contributed by atoms with E-state index in [-0.39, 0.29) is 35.0 Å². The van der Waals surface area contributed by atoms with E-state index in [1.807, 2.05) is 14.1 Å². The van der Waals surface area contributed by atoms with E-state index in [0.29, 0.717) is 12.8 Å². The highest BCUT2D eigenvalue weighted by atomic mass is 16.3. The number of aliphatic hydroxyl groups excluding tert-OH is 2. The number of amides is 1. The van der Waals surface area contributed by atoms with Crippen molar-refractivity contribution in [1.29, 1.82) is 0 Å². The van der Waals surface area contributed by atoms with E-state index in [1.165, 1.54) is 6.07 Å². The van der Waals surface area contributed by atoms with Crippen molar-refractivity contribution >= 4 is 23.2 Å². The summed E-state index contributed by atoms with van der Waals surface area (Å²) in [6.07, 6.45) is 0.808. The Morgan fingerprint density at radius 1 is 1.14 bits per heavy atom. The summed E-state index contributed by atoms with van der Waals surface area (Å²) in [5.74, 6) is -5.02. The number of aromatic hydroxyl groups is 1. The molecule has 1 aromatic carbocycles. The first-order valence-corrected chi connectivity index (χ1v) is 9.36. The van der Waals surface area contributed by atoms with Crippen molar-refractivity contribution in [3.05, 3.63) is 46.2 Å². The smallest absolute Gasteiger partial charge is 0.255 e. The number of fused-ring (bicyclic) bond motifs is 3. The number of phenols is 1. The van der Waals surface area contributed by atoms with Crippen LogP contribution in [0.2, 0.25) is 0 Å². The van der Waals surface area contributed by atoms with Gasteiger partial charge < -0.3 is 26.4 Å². The van der Waals surface area contributed by atoms with Crippen LogP contribution in [0.25, 0.3) is 5.76 Å². The number of rotatable bonds is 1. The minimum Gasteiger partial charge on any atom is -0.511 e. The molecule has 0 spiro atoms. The zero-order chi connectivity index (χ0) is 21.5. The van der Waals surface area contributed by atoms with E-state index in [1.54, 1.807) is 12.1 Å². The second-order valence-corrected chi connectivity index (χ2v) is 7.56. The number of carbonyl (C=O) groups excluding carboxylic acids is 3. The van der Waals surface area contributed by atoms with Crippen LogP contribution in [0.1, 0.15) is 24.0 Å². The molecule has 1 aromatic rings. The molecule has 3 aliphatic carbocycles. The van der Waals surface area contributed by atoms with E-state index in [0.717, 1.165) is 5.56 Å². The third-order valence-electron chi connectivity index (χ3n) is 5.63. The van der Waals surface area contributed by atoms with Crippen molar-refractivity contribution in [2.75, 3.05) is 14.1 Å². The number of Topliss-reactive ketones (excluding diaryl/α,β-unsaturated/α-hetero) is 2. The van der Waals surface area contributed by atoms with Gasteiger partial charge in [-0.05, 0) is 50.4 Å². The van der Waals surface area contributed by atoms with Crippen molar-refractivity contribution in [1.82, 2.24) is 5.32 Å². The summed E-state index contributed by atoms with van der Waals surface area (Å²) in [6, 6.07) is 4.86. The third-order valence-corrected chi connectivity index (χ3v) is 5.63. The van der Waals surface area contributed by atoms with Crippen LogP contribution in [-0.4, -0.2) is 46.9 Å². The average Bonchev–Trinajstić information content (AvgIpc) is 2.61. The Labute approximate surface area is 167 Å². The first-order valence-electron chi connectivity index (χ1n) is 9.36. The zero-order valence-electron chi connectivity index (χ0n) is 16.2. The highest BCUT2D eigenvalue weighted by Crippen LogP contribution is 2.49. The fraction of sp³-hybridized carbons (Fsp3) is 0.381. The summed E-state index contributed by atoms with van der Waals surface area (Å²) < 4.78 is 0. The summed E-state index contributed by atoms with van der Waals surface area (Å²) in [7, 11) is 3.75. The molecule has 1 fully saturated rings. The van der Waals surface area contributed by atoms with Crippen LogP contribution >= 0.6 is 0 Å². The van der Waals surface area contributed by atoms with Gasteiger partial charge in [0.05, 0.1) is 11.5 Å². The number of carbonyl (C=O) groups is 3. The molecule has 8 heteroatoms. The molecular formula is C21H24N2O6. The number of phenolic OH excluding ortho intramolecular Hbond substituents is 1. The largest absolute Gasteiger partial charge is 0.511 e. The summed E-state index contributed by atoms with van der Waals surface area (Å²) >= 11 is 0. The minimum absolute atomic E-state index is 0.0455. The van der Waals surface area contributed by atoms with Gasteiger partial charge in [0.15, 0.2) is 11.6 Å². The van der Waals surface area contributed by atoms with Gasteiger partial charge in [-0.2, -0.15) is 0 Å². The van der Waals surface area contributed by atoms with Gasteiger partial charge in [0, 0.05) is 12.0 Å². The molecule has 0 aliphatic heterocycles. The second kappa shape index (κ2) is 7.71. The molecule has 0 saturated heterocycles. The minimum atomic E-state index is -1.07. The quantitative estimate of drug-likeness (QED) is 0.444. The van der Waals surface area contributed by atoms with Gasteiger partial charge in [-0.25, -0.2) is 0 Å². The molecule has 0 bridgehead atoms. The van der Waals surface area contributed by atoms with Crippen LogP contribution in [-0.2, 0) is 20.8 Å². The molecule has 6 N–H and O–H groups in total. The molecule has 1 amide bonds. The van der Waals surface area contributed by atoms with E-state index >= 15 is 0 Å². The van der Waals surface area contributed by atoms with Crippen LogP contribution in [0.4, 0.5) is 0 Å². The second-order valence-electron chi connectivity index (χ2n) is 7.56. The molecule has 4 rings (SSSR count). The highest BCUT2D eigenvalue weighted by molar-refractivity contribution is 6.21. The molecule has 1 saturated carbocycles. The van der Waals surface area contributed by atoms with E-state index in [4.69, 9.17) is 5.73 Å². The van der Waals surface area contributed by atoms with Gasteiger partial charge in [-0.15, -0.1) is 0 Å². The first-order chi connectivity index (χ1) is 13.7. The SMILES string of the molecule is CNC.NC(=O)C1=C(O)C2C(=O)C3=C(O)c4c(O)cccc4CC3CC2CC1=O. The molecule has 8 nitrogen and oxygen atoms in total. The fourth-order valence-corrected chi connectivity index (χ4v) is 4.58. The molecule has 0 heterocycles. The third kappa shape index (κ3) is 3.29. The topological polar surface area (TPSA) is 150 Å². The van der Waals surface area contributed by atoms with Crippen molar-refractivity contribution in [2.45, 2.75) is 19.3 Å². The number of primary amides is 1. The number of nitrogens with two attached hydrogens (primary N) is 1. The predicted molar refractivity (Wildman–Crippen MR) is 105 cm³/mol. The van der Waals surface area contributed by atoms with Gasteiger partial charge in [0.2, 0.25) is 0 Å². The molecule has 0 aromatic heterocycles. The standard InChI is InChI=1S/C19H17NO6.C2H7N/c20-19(26)15-11(22)6-9-5-8-4-7-2-1-3-10(21)12(7)16(23)13(8)17(24)14(9)18(15)25;1-3-2/h1-3,8-9,14,21,23,25H,4-6H2,(H2,20,26);3H,1-2H3. The molecule has 154 valence electrons. The Hall–Kier alpha value is -3.13. The van der Waals surface area contributed by atoms with Crippen molar-refractivity contribution < 1.29 is 29.7 Å². The molecule has 3 unspecified atom stereocenters. The first kappa shape index (κ1) is 20.6. The highest BCUT2D eigenvalue weighted by Gasteiger charge is 2.50. The van der Waals surface area contributed by atoms with Gasteiger partial charge in [0.1, 0.15) is 22.8 Å². The molecule has 3 aliphatic rings. The number of ketones is 2. The lowest BCUT2D eigenvalue weighted by atomic mass is 9.61. The molecule has 29 heavy (non-hydrogen) atoms. The lowest BCUT2D eigenvalue weighted by Crippen LogP contribution is -2.44. The van der Waals surface area contributed by atoms with Crippen molar-refractivity contribution in [2.24, 2.45) is 23.5 Å². The molecular weight excluding hydrogens is 376 g/mol. The number of aliphatic hydroxyl groups is 2. The lowest BCUT2D eigenvalue weighted by molar-refractivity contribution is -0.127. The maximum Gasteiger partial charge on any atom is 0.255 e. The van der Waals surface area contributed by atoms with E-state index < -0.39 is 40.6 Å². The van der Waals surface area contributed by atoms with Gasteiger partial charge >= 0.3 is 0 Å². The molecule has 3 atom stereocenters. The summed E-state index contributed by atoms with van der Waals surface area (Å²) in [4.78, 5) is 36.7. The van der Waals surface area contributed by atoms with Crippen LogP contribution in [0.5, 0.6) is 5.75 Å². The maximum absolute atomic E-state index is 13.1. The summed E-state index contributed by atoms with van der Waals surface area (Å²) in [5.41, 5.74) is 5.72. The van der Waals surface area contributed by atoms with E-state index in [9.17, 15) is 29.7 Å². The Balaban J connectivity index is 0.000000755. The Morgan fingerprint density at radius 3 is 2.41 bits per heavy atom. The number of hydrogen-bond acceptors (Lipinski definition) is 7. The fourth-order valence-electron chi connectivity index (χ4n) is 4.58. The maximum atomic E-state index is 13.1. The Kier molecular flexibility index (Phi) is 5.48. The number of hydrogen-bond donors (Lipinski definition) is 5.